The number of anilines is 1. The Kier molecular flexibility index (Phi) is 4.23. The third kappa shape index (κ3) is 2.61. The zero-order valence-corrected chi connectivity index (χ0v) is 12.2. The molecule has 4 nitrogen and oxygen atoms in total. The average Bonchev–Trinajstić information content (AvgIpc) is 2.38. The van der Waals surface area contributed by atoms with Crippen LogP contribution in [0.2, 0.25) is 5.02 Å². The zero-order chi connectivity index (χ0) is 14.9. The van der Waals surface area contributed by atoms with Gasteiger partial charge < -0.3 is 4.90 Å². The summed E-state index contributed by atoms with van der Waals surface area (Å²) < 4.78 is 0. The second kappa shape index (κ2) is 5.75. The van der Waals surface area contributed by atoms with Gasteiger partial charge in [0.1, 0.15) is 5.92 Å². The van der Waals surface area contributed by atoms with Gasteiger partial charge in [-0.15, -0.1) is 0 Å². The number of carbonyl (C=O) groups is 3. The highest BCUT2D eigenvalue weighted by molar-refractivity contribution is 6.38. The van der Waals surface area contributed by atoms with E-state index in [1.165, 1.54) is 0 Å². The number of benzene rings is 1. The lowest BCUT2D eigenvalue weighted by molar-refractivity contribution is -0.133. The number of carbonyl (C=O) groups excluding carboxylic acids is 3. The van der Waals surface area contributed by atoms with Crippen molar-refractivity contribution in [2.45, 2.75) is 19.3 Å². The highest BCUT2D eigenvalue weighted by Gasteiger charge is 2.37. The molecule has 1 aliphatic rings. The maximum absolute atomic E-state index is 12.5. The van der Waals surface area contributed by atoms with Crippen molar-refractivity contribution in [2.75, 3.05) is 19.0 Å². The SMILES string of the molecule is CN(C)c1cccc(C(=O)C2C(=O)CCCC2=O)c1Cl. The molecule has 0 amide bonds. The van der Waals surface area contributed by atoms with Gasteiger partial charge in [-0.1, -0.05) is 17.7 Å². The van der Waals surface area contributed by atoms with Gasteiger partial charge in [0.05, 0.1) is 10.7 Å². The predicted octanol–water partition coefficient (Wildman–Crippen LogP) is 2.53. The van der Waals surface area contributed by atoms with E-state index in [1.807, 2.05) is 14.1 Å². The van der Waals surface area contributed by atoms with Gasteiger partial charge in [0, 0.05) is 32.5 Å². The Hall–Kier alpha value is -1.68. The number of hydrogen-bond acceptors (Lipinski definition) is 4. The molecule has 5 heteroatoms. The molecule has 0 N–H and O–H groups in total. The lowest BCUT2D eigenvalue weighted by Gasteiger charge is -2.20. The molecule has 0 atom stereocenters. The van der Waals surface area contributed by atoms with Crippen molar-refractivity contribution in [3.8, 4) is 0 Å². The van der Waals surface area contributed by atoms with Crippen LogP contribution < -0.4 is 4.90 Å². The van der Waals surface area contributed by atoms with Gasteiger partial charge in [0.15, 0.2) is 17.3 Å². The molecule has 0 heterocycles. The molecule has 0 radical (unpaired) electrons. The summed E-state index contributed by atoms with van der Waals surface area (Å²) in [7, 11) is 3.62. The van der Waals surface area contributed by atoms with E-state index < -0.39 is 11.7 Å². The summed E-state index contributed by atoms with van der Waals surface area (Å²) in [6.45, 7) is 0. The van der Waals surface area contributed by atoms with Crippen LogP contribution in [0.15, 0.2) is 18.2 Å². The molecule has 1 fully saturated rings. The minimum atomic E-state index is -1.17. The van der Waals surface area contributed by atoms with Crippen molar-refractivity contribution >= 4 is 34.6 Å². The summed E-state index contributed by atoms with van der Waals surface area (Å²) >= 11 is 6.23. The molecule has 0 aromatic heterocycles. The molecule has 1 saturated carbocycles. The fourth-order valence-corrected chi connectivity index (χ4v) is 2.80. The zero-order valence-electron chi connectivity index (χ0n) is 11.5. The van der Waals surface area contributed by atoms with Crippen LogP contribution in [0.4, 0.5) is 5.69 Å². The van der Waals surface area contributed by atoms with E-state index in [0.717, 1.165) is 0 Å². The number of Topliss-reactive ketones (excluding diaryl/α,β-unsaturated/α-hetero) is 3. The molecular formula is C15H16ClNO3. The average molecular weight is 294 g/mol. The molecule has 0 spiro atoms. The van der Waals surface area contributed by atoms with Crippen molar-refractivity contribution in [1.29, 1.82) is 0 Å². The van der Waals surface area contributed by atoms with Gasteiger partial charge in [-0.3, -0.25) is 14.4 Å². The molecule has 2 rings (SSSR count). The highest BCUT2D eigenvalue weighted by atomic mass is 35.5. The van der Waals surface area contributed by atoms with Gasteiger partial charge in [-0.2, -0.15) is 0 Å². The predicted molar refractivity (Wildman–Crippen MR) is 77.5 cm³/mol. The summed E-state index contributed by atoms with van der Waals surface area (Å²) in [5.41, 5.74) is 0.930. The Balaban J connectivity index is 2.41. The lowest BCUT2D eigenvalue weighted by Crippen LogP contribution is -2.35. The third-order valence-corrected chi connectivity index (χ3v) is 3.88. The summed E-state index contributed by atoms with van der Waals surface area (Å²) in [5, 5.41) is 0.286. The first kappa shape index (κ1) is 14.7. The smallest absolute Gasteiger partial charge is 0.182 e. The fourth-order valence-electron chi connectivity index (χ4n) is 2.41. The van der Waals surface area contributed by atoms with E-state index in [-0.39, 0.29) is 35.0 Å². The Bertz CT molecular complexity index is 564. The van der Waals surface area contributed by atoms with Gasteiger partial charge in [-0.05, 0) is 18.6 Å². The van der Waals surface area contributed by atoms with Crippen LogP contribution in [-0.2, 0) is 9.59 Å². The number of rotatable bonds is 3. The highest BCUT2D eigenvalue weighted by Crippen LogP contribution is 2.31. The van der Waals surface area contributed by atoms with Crippen molar-refractivity contribution < 1.29 is 14.4 Å². The molecule has 1 aliphatic carbocycles. The second-order valence-electron chi connectivity index (χ2n) is 5.12. The van der Waals surface area contributed by atoms with Gasteiger partial charge in [0.25, 0.3) is 0 Å². The standard InChI is InChI=1S/C15H16ClNO3/c1-17(2)10-6-3-5-9(14(10)16)15(20)13-11(18)7-4-8-12(13)19/h3,5-6,13H,4,7-8H2,1-2H3. The van der Waals surface area contributed by atoms with Crippen LogP contribution in [0.3, 0.4) is 0 Å². The summed E-state index contributed by atoms with van der Waals surface area (Å²) in [4.78, 5) is 38.0. The first-order valence-electron chi connectivity index (χ1n) is 6.49. The number of nitrogens with zero attached hydrogens (tertiary/aromatic N) is 1. The van der Waals surface area contributed by atoms with Gasteiger partial charge in [0.2, 0.25) is 0 Å². The van der Waals surface area contributed by atoms with Crippen LogP contribution in [0, 0.1) is 5.92 Å². The summed E-state index contributed by atoms with van der Waals surface area (Å²) in [6, 6.07) is 5.04. The Morgan fingerprint density at radius 2 is 1.80 bits per heavy atom. The molecule has 0 bridgehead atoms. The minimum Gasteiger partial charge on any atom is -0.376 e. The van der Waals surface area contributed by atoms with E-state index in [2.05, 4.69) is 0 Å². The molecule has 1 aromatic rings. The lowest BCUT2D eigenvalue weighted by atomic mass is 9.81. The monoisotopic (exact) mass is 293 g/mol. The van der Waals surface area contributed by atoms with Crippen molar-refractivity contribution in [2.24, 2.45) is 5.92 Å². The Morgan fingerprint density at radius 1 is 1.20 bits per heavy atom. The fraction of sp³-hybridized carbons (Fsp3) is 0.400. The molecular weight excluding hydrogens is 278 g/mol. The van der Waals surface area contributed by atoms with Crippen LogP contribution in [0.25, 0.3) is 0 Å². The van der Waals surface area contributed by atoms with Crippen LogP contribution in [-0.4, -0.2) is 31.4 Å². The molecule has 0 unspecified atom stereocenters. The molecule has 0 aliphatic heterocycles. The molecule has 0 saturated heterocycles. The van der Waals surface area contributed by atoms with E-state index in [9.17, 15) is 14.4 Å². The Morgan fingerprint density at radius 3 is 2.35 bits per heavy atom. The van der Waals surface area contributed by atoms with E-state index in [0.29, 0.717) is 12.1 Å². The maximum Gasteiger partial charge on any atom is 0.182 e. The maximum atomic E-state index is 12.5. The van der Waals surface area contributed by atoms with Crippen LogP contribution in [0.5, 0.6) is 0 Å². The van der Waals surface area contributed by atoms with Crippen LogP contribution in [0.1, 0.15) is 29.6 Å². The van der Waals surface area contributed by atoms with Crippen molar-refractivity contribution in [3.63, 3.8) is 0 Å². The largest absolute Gasteiger partial charge is 0.376 e. The summed E-state index contributed by atoms with van der Waals surface area (Å²) in [6.07, 6.45) is 1.10. The molecule has 106 valence electrons. The molecule has 20 heavy (non-hydrogen) atoms. The minimum absolute atomic E-state index is 0.242. The normalized spacial score (nSPS) is 16.4. The second-order valence-corrected chi connectivity index (χ2v) is 5.49. The first-order valence-corrected chi connectivity index (χ1v) is 6.86. The molecule has 1 aromatic carbocycles. The Labute approximate surface area is 122 Å². The van der Waals surface area contributed by atoms with Crippen molar-refractivity contribution in [3.05, 3.63) is 28.8 Å². The van der Waals surface area contributed by atoms with E-state index in [4.69, 9.17) is 11.6 Å². The van der Waals surface area contributed by atoms with Gasteiger partial charge in [-0.25, -0.2) is 0 Å². The quantitative estimate of drug-likeness (QED) is 0.635. The van der Waals surface area contributed by atoms with Gasteiger partial charge >= 0.3 is 0 Å². The topological polar surface area (TPSA) is 54.5 Å². The number of hydrogen-bond donors (Lipinski definition) is 0. The van der Waals surface area contributed by atoms with Crippen LogP contribution >= 0.6 is 11.6 Å². The van der Waals surface area contributed by atoms with Crippen molar-refractivity contribution in [1.82, 2.24) is 0 Å². The number of ketones is 3. The van der Waals surface area contributed by atoms with E-state index in [1.54, 1.807) is 23.1 Å². The third-order valence-electron chi connectivity index (χ3n) is 3.48. The number of halogens is 1. The van der Waals surface area contributed by atoms with E-state index >= 15 is 0 Å². The summed E-state index contributed by atoms with van der Waals surface area (Å²) in [5.74, 6) is -2.23. The first-order chi connectivity index (χ1) is 9.43.